The molecule has 1 heterocycles. The molecular formula is C12H11BrN2O. The third-order valence-corrected chi connectivity index (χ3v) is 2.85. The van der Waals surface area contributed by atoms with Crippen molar-refractivity contribution >= 4 is 21.7 Å². The molecule has 16 heavy (non-hydrogen) atoms. The van der Waals surface area contributed by atoms with Gasteiger partial charge in [-0.3, -0.25) is 0 Å². The monoisotopic (exact) mass is 278 g/mol. The van der Waals surface area contributed by atoms with Crippen molar-refractivity contribution in [3.8, 4) is 5.88 Å². The van der Waals surface area contributed by atoms with Crippen molar-refractivity contribution < 1.29 is 4.74 Å². The fourth-order valence-electron chi connectivity index (χ4n) is 1.28. The van der Waals surface area contributed by atoms with Gasteiger partial charge in [0.1, 0.15) is 12.4 Å². The zero-order valence-corrected chi connectivity index (χ0v) is 10.1. The molecule has 0 fully saturated rings. The van der Waals surface area contributed by atoms with Gasteiger partial charge in [-0.15, -0.1) is 0 Å². The van der Waals surface area contributed by atoms with Crippen molar-refractivity contribution in [2.45, 2.75) is 6.61 Å². The molecule has 0 unspecified atom stereocenters. The number of halogens is 1. The summed E-state index contributed by atoms with van der Waals surface area (Å²) in [6.45, 7) is 0.470. The van der Waals surface area contributed by atoms with Gasteiger partial charge in [-0.25, -0.2) is 0 Å². The van der Waals surface area contributed by atoms with E-state index in [0.29, 0.717) is 18.3 Å². The molecule has 2 N–H and O–H groups in total. The van der Waals surface area contributed by atoms with E-state index in [9.17, 15) is 0 Å². The van der Waals surface area contributed by atoms with Crippen LogP contribution in [-0.2, 0) is 6.61 Å². The van der Waals surface area contributed by atoms with E-state index in [2.05, 4.69) is 20.9 Å². The molecule has 0 aliphatic heterocycles. The summed E-state index contributed by atoms with van der Waals surface area (Å²) in [6.07, 6.45) is 0. The first-order valence-corrected chi connectivity index (χ1v) is 5.64. The quantitative estimate of drug-likeness (QED) is 0.939. The van der Waals surface area contributed by atoms with E-state index in [4.69, 9.17) is 10.5 Å². The maximum atomic E-state index is 5.56. The van der Waals surface area contributed by atoms with Crippen molar-refractivity contribution in [3.05, 3.63) is 52.5 Å². The summed E-state index contributed by atoms with van der Waals surface area (Å²) < 4.78 is 6.56. The third-order valence-electron chi connectivity index (χ3n) is 2.08. The maximum absolute atomic E-state index is 5.56. The third kappa shape index (κ3) is 2.73. The Bertz CT molecular complexity index is 488. The largest absolute Gasteiger partial charge is 0.473 e. The van der Waals surface area contributed by atoms with Crippen LogP contribution in [0.3, 0.4) is 0 Å². The average Bonchev–Trinajstić information content (AvgIpc) is 2.28. The minimum atomic E-state index is 0.463. The second-order valence-electron chi connectivity index (χ2n) is 3.28. The topological polar surface area (TPSA) is 48.1 Å². The highest BCUT2D eigenvalue weighted by molar-refractivity contribution is 9.10. The van der Waals surface area contributed by atoms with Crippen LogP contribution in [0.25, 0.3) is 0 Å². The van der Waals surface area contributed by atoms with Gasteiger partial charge < -0.3 is 10.5 Å². The molecule has 0 aliphatic carbocycles. The van der Waals surface area contributed by atoms with E-state index < -0.39 is 0 Å². The Kier molecular flexibility index (Phi) is 3.41. The second-order valence-corrected chi connectivity index (χ2v) is 4.14. The van der Waals surface area contributed by atoms with Crippen molar-refractivity contribution in [2.24, 2.45) is 0 Å². The summed E-state index contributed by atoms with van der Waals surface area (Å²) in [5, 5.41) is 0. The van der Waals surface area contributed by atoms with Gasteiger partial charge in [-0.2, -0.15) is 4.98 Å². The predicted molar refractivity (Wildman–Crippen MR) is 67.1 cm³/mol. The molecule has 0 saturated carbocycles. The molecule has 82 valence electrons. The van der Waals surface area contributed by atoms with Crippen molar-refractivity contribution in [1.29, 1.82) is 0 Å². The van der Waals surface area contributed by atoms with Gasteiger partial charge in [0.2, 0.25) is 5.88 Å². The first kappa shape index (κ1) is 11.0. The van der Waals surface area contributed by atoms with Crippen LogP contribution < -0.4 is 10.5 Å². The summed E-state index contributed by atoms with van der Waals surface area (Å²) in [6, 6.07) is 13.2. The van der Waals surface area contributed by atoms with Gasteiger partial charge in [-0.05, 0) is 12.1 Å². The summed E-state index contributed by atoms with van der Waals surface area (Å²) >= 11 is 3.46. The fourth-order valence-corrected chi connectivity index (χ4v) is 1.68. The molecule has 0 atom stereocenters. The molecular weight excluding hydrogens is 268 g/mol. The number of hydrogen-bond acceptors (Lipinski definition) is 3. The lowest BCUT2D eigenvalue weighted by molar-refractivity contribution is 0.293. The normalized spacial score (nSPS) is 10.1. The van der Waals surface area contributed by atoms with Crippen LogP contribution in [0.5, 0.6) is 5.88 Å². The molecule has 0 amide bonds. The Morgan fingerprint density at radius 3 is 2.69 bits per heavy atom. The molecule has 2 rings (SSSR count). The van der Waals surface area contributed by atoms with Crippen molar-refractivity contribution in [1.82, 2.24) is 4.98 Å². The zero-order chi connectivity index (χ0) is 11.4. The molecule has 1 aromatic carbocycles. The van der Waals surface area contributed by atoms with Crippen LogP contribution in [0.2, 0.25) is 0 Å². The molecule has 0 radical (unpaired) electrons. The number of nitrogen functional groups attached to an aromatic ring is 1. The molecule has 0 aliphatic rings. The van der Waals surface area contributed by atoms with E-state index in [1.54, 1.807) is 12.1 Å². The standard InChI is InChI=1S/C12H11BrN2O/c13-10-5-2-1-4-9(10)8-16-12-7-3-6-11(14)15-12/h1-7H,8H2,(H2,14,15). The number of rotatable bonds is 3. The number of pyridine rings is 1. The molecule has 4 heteroatoms. The molecule has 1 aromatic heterocycles. The van der Waals surface area contributed by atoms with Crippen molar-refractivity contribution in [3.63, 3.8) is 0 Å². The minimum absolute atomic E-state index is 0.463. The lowest BCUT2D eigenvalue weighted by Crippen LogP contribution is -1.99. The number of nitrogens with two attached hydrogens (primary N) is 1. The number of benzene rings is 1. The number of anilines is 1. The highest BCUT2D eigenvalue weighted by atomic mass is 79.9. The Morgan fingerprint density at radius 2 is 1.94 bits per heavy atom. The Morgan fingerprint density at radius 1 is 1.12 bits per heavy atom. The minimum Gasteiger partial charge on any atom is -0.473 e. The van der Waals surface area contributed by atoms with Crippen LogP contribution in [0, 0.1) is 0 Å². The van der Waals surface area contributed by atoms with Crippen LogP contribution >= 0.6 is 15.9 Å². The van der Waals surface area contributed by atoms with Gasteiger partial charge in [0.15, 0.2) is 0 Å². The molecule has 3 nitrogen and oxygen atoms in total. The lowest BCUT2D eigenvalue weighted by atomic mass is 10.2. The number of nitrogens with zero attached hydrogens (tertiary/aromatic N) is 1. The van der Waals surface area contributed by atoms with Gasteiger partial charge >= 0.3 is 0 Å². The molecule has 0 saturated heterocycles. The Labute approximate surface area is 102 Å². The zero-order valence-electron chi connectivity index (χ0n) is 8.56. The first-order chi connectivity index (χ1) is 7.75. The molecule has 0 bridgehead atoms. The fraction of sp³-hybridized carbons (Fsp3) is 0.0833. The van der Waals surface area contributed by atoms with Crippen molar-refractivity contribution in [2.75, 3.05) is 5.73 Å². The maximum Gasteiger partial charge on any atom is 0.215 e. The highest BCUT2D eigenvalue weighted by Crippen LogP contribution is 2.18. The summed E-state index contributed by atoms with van der Waals surface area (Å²) in [7, 11) is 0. The Balaban J connectivity index is 2.05. The van der Waals surface area contributed by atoms with Gasteiger partial charge in [-0.1, -0.05) is 40.2 Å². The SMILES string of the molecule is Nc1cccc(OCc2ccccc2Br)n1. The second kappa shape index (κ2) is 4.99. The lowest BCUT2D eigenvalue weighted by Gasteiger charge is -2.07. The van der Waals surface area contributed by atoms with E-state index in [0.717, 1.165) is 10.0 Å². The van der Waals surface area contributed by atoms with Crippen LogP contribution in [0.1, 0.15) is 5.56 Å². The van der Waals surface area contributed by atoms with Gasteiger partial charge in [0.25, 0.3) is 0 Å². The predicted octanol–water partition coefficient (Wildman–Crippen LogP) is 3.01. The smallest absolute Gasteiger partial charge is 0.215 e. The van der Waals surface area contributed by atoms with Crippen LogP contribution in [0.4, 0.5) is 5.82 Å². The van der Waals surface area contributed by atoms with E-state index in [1.807, 2.05) is 30.3 Å². The average molecular weight is 279 g/mol. The van der Waals surface area contributed by atoms with Crippen LogP contribution in [0.15, 0.2) is 46.9 Å². The number of aromatic nitrogens is 1. The van der Waals surface area contributed by atoms with Gasteiger partial charge in [0.05, 0.1) is 0 Å². The van der Waals surface area contributed by atoms with E-state index in [1.165, 1.54) is 0 Å². The number of ether oxygens (including phenoxy) is 1. The van der Waals surface area contributed by atoms with E-state index >= 15 is 0 Å². The summed E-state index contributed by atoms with van der Waals surface area (Å²) in [5.41, 5.74) is 6.63. The van der Waals surface area contributed by atoms with E-state index in [-0.39, 0.29) is 0 Å². The molecule has 0 spiro atoms. The Hall–Kier alpha value is -1.55. The number of hydrogen-bond donors (Lipinski definition) is 1. The summed E-state index contributed by atoms with van der Waals surface area (Å²) in [5.74, 6) is 1.00. The van der Waals surface area contributed by atoms with Crippen LogP contribution in [-0.4, -0.2) is 4.98 Å². The first-order valence-electron chi connectivity index (χ1n) is 4.84. The highest BCUT2D eigenvalue weighted by Gasteiger charge is 2.00. The summed E-state index contributed by atoms with van der Waals surface area (Å²) in [4.78, 5) is 4.06. The van der Waals surface area contributed by atoms with Gasteiger partial charge in [0, 0.05) is 16.1 Å². The molecule has 2 aromatic rings.